The number of fused-ring (bicyclic) bond motifs is 1. The SMILES string of the molecule is CC(C)(C)OC(=O)NC1C2CN(c3c(F)cc(N4CC(CN)OC4=O)cc3F)CC21. The number of halogens is 2. The van der Waals surface area contributed by atoms with Crippen molar-refractivity contribution in [3.63, 3.8) is 0 Å². The Morgan fingerprint density at radius 2 is 1.83 bits per heavy atom. The van der Waals surface area contributed by atoms with E-state index in [-0.39, 0.29) is 42.3 Å². The van der Waals surface area contributed by atoms with E-state index < -0.39 is 35.5 Å². The van der Waals surface area contributed by atoms with Crippen LogP contribution in [0, 0.1) is 23.5 Å². The molecule has 3 aliphatic rings. The number of nitrogens with one attached hydrogen (secondary N) is 1. The zero-order chi connectivity index (χ0) is 21.8. The van der Waals surface area contributed by atoms with Crippen LogP contribution in [0.1, 0.15) is 20.8 Å². The highest BCUT2D eigenvalue weighted by molar-refractivity contribution is 5.90. The van der Waals surface area contributed by atoms with Crippen molar-refractivity contribution in [1.82, 2.24) is 5.32 Å². The maximum absolute atomic E-state index is 14.8. The predicted octanol–water partition coefficient (Wildman–Crippen LogP) is 2.21. The van der Waals surface area contributed by atoms with Gasteiger partial charge in [0, 0.05) is 49.6 Å². The van der Waals surface area contributed by atoms with Crippen LogP contribution in [0.4, 0.5) is 29.7 Å². The van der Waals surface area contributed by atoms with Crippen LogP contribution in [0.3, 0.4) is 0 Å². The normalized spacial score (nSPS) is 27.7. The molecule has 2 aliphatic heterocycles. The molecular formula is C20H26F2N4O4. The molecule has 10 heteroatoms. The minimum atomic E-state index is -0.744. The number of hydrogen-bond donors (Lipinski definition) is 2. The minimum Gasteiger partial charge on any atom is -0.444 e. The van der Waals surface area contributed by atoms with Crippen molar-refractivity contribution in [2.24, 2.45) is 17.6 Å². The summed E-state index contributed by atoms with van der Waals surface area (Å²) < 4.78 is 39.9. The van der Waals surface area contributed by atoms with Gasteiger partial charge in [0.05, 0.1) is 12.2 Å². The average molecular weight is 424 g/mol. The number of piperidine rings is 1. The summed E-state index contributed by atoms with van der Waals surface area (Å²) in [6.45, 7) is 6.51. The fourth-order valence-electron chi connectivity index (χ4n) is 4.23. The number of hydrogen-bond acceptors (Lipinski definition) is 6. The lowest BCUT2D eigenvalue weighted by Crippen LogP contribution is -2.38. The van der Waals surface area contributed by atoms with Crippen molar-refractivity contribution in [3.05, 3.63) is 23.8 Å². The Hall–Kier alpha value is -2.62. The van der Waals surface area contributed by atoms with Gasteiger partial charge in [-0.05, 0) is 20.8 Å². The van der Waals surface area contributed by atoms with Crippen molar-refractivity contribution in [3.8, 4) is 0 Å². The Kier molecular flexibility index (Phi) is 5.00. The third-order valence-corrected chi connectivity index (χ3v) is 5.64. The third-order valence-electron chi connectivity index (χ3n) is 5.64. The first-order valence-electron chi connectivity index (χ1n) is 9.99. The predicted molar refractivity (Wildman–Crippen MR) is 105 cm³/mol. The van der Waals surface area contributed by atoms with Crippen molar-refractivity contribution >= 4 is 23.6 Å². The average Bonchev–Trinajstić information content (AvgIpc) is 2.96. The highest BCUT2D eigenvalue weighted by Gasteiger charge is 2.57. The van der Waals surface area contributed by atoms with Gasteiger partial charge >= 0.3 is 12.2 Å². The minimum absolute atomic E-state index is 0.0472. The van der Waals surface area contributed by atoms with Crippen LogP contribution in [-0.4, -0.2) is 56.1 Å². The summed E-state index contributed by atoms with van der Waals surface area (Å²) in [5, 5.41) is 2.83. The van der Waals surface area contributed by atoms with Gasteiger partial charge in [-0.3, -0.25) is 4.90 Å². The molecule has 1 aliphatic carbocycles. The second-order valence-electron chi connectivity index (χ2n) is 9.01. The number of cyclic esters (lactones) is 1. The van der Waals surface area contributed by atoms with Crippen LogP contribution in [0.2, 0.25) is 0 Å². The summed E-state index contributed by atoms with van der Waals surface area (Å²) in [6.07, 6.45) is -1.65. The molecule has 8 nitrogen and oxygen atoms in total. The van der Waals surface area contributed by atoms with Gasteiger partial charge in [-0.25, -0.2) is 18.4 Å². The zero-order valence-corrected chi connectivity index (χ0v) is 17.2. The molecule has 3 unspecified atom stereocenters. The van der Waals surface area contributed by atoms with E-state index in [0.717, 1.165) is 12.1 Å². The first-order chi connectivity index (χ1) is 14.1. The Bertz CT molecular complexity index is 840. The molecule has 2 saturated heterocycles. The van der Waals surface area contributed by atoms with Crippen LogP contribution >= 0.6 is 0 Å². The summed E-state index contributed by atoms with van der Waals surface area (Å²) >= 11 is 0. The number of carbonyl (C=O) groups is 2. The third kappa shape index (κ3) is 3.88. The maximum Gasteiger partial charge on any atom is 0.414 e. The van der Waals surface area contributed by atoms with E-state index in [1.54, 1.807) is 25.7 Å². The van der Waals surface area contributed by atoms with Crippen molar-refractivity contribution in [2.75, 3.05) is 36.0 Å². The molecule has 164 valence electrons. The van der Waals surface area contributed by atoms with Gasteiger partial charge in [-0.15, -0.1) is 0 Å². The van der Waals surface area contributed by atoms with Crippen LogP contribution in [0.5, 0.6) is 0 Å². The second kappa shape index (κ2) is 7.26. The van der Waals surface area contributed by atoms with Crippen molar-refractivity contribution in [2.45, 2.75) is 38.5 Å². The number of nitrogens with zero attached hydrogens (tertiary/aromatic N) is 2. The Balaban J connectivity index is 1.40. The number of alkyl carbamates (subject to hydrolysis) is 1. The molecule has 4 rings (SSSR count). The van der Waals surface area contributed by atoms with Gasteiger partial charge in [0.25, 0.3) is 0 Å². The lowest BCUT2D eigenvalue weighted by atomic mass is 10.2. The second-order valence-corrected chi connectivity index (χ2v) is 9.01. The Morgan fingerprint density at radius 3 is 2.33 bits per heavy atom. The summed E-state index contributed by atoms with van der Waals surface area (Å²) in [5.74, 6) is -1.25. The van der Waals surface area contributed by atoms with Crippen LogP contribution < -0.4 is 20.9 Å². The molecule has 1 aromatic rings. The maximum atomic E-state index is 14.8. The van der Waals surface area contributed by atoms with Crippen molar-refractivity contribution in [1.29, 1.82) is 0 Å². The molecule has 1 aromatic carbocycles. The molecule has 3 fully saturated rings. The van der Waals surface area contributed by atoms with Crippen LogP contribution in [0.15, 0.2) is 12.1 Å². The van der Waals surface area contributed by atoms with E-state index in [4.69, 9.17) is 15.2 Å². The zero-order valence-electron chi connectivity index (χ0n) is 17.2. The monoisotopic (exact) mass is 424 g/mol. The summed E-state index contributed by atoms with van der Waals surface area (Å²) in [7, 11) is 0. The summed E-state index contributed by atoms with van der Waals surface area (Å²) in [4.78, 5) is 26.7. The molecule has 0 radical (unpaired) electrons. The first kappa shape index (κ1) is 20.6. The van der Waals surface area contributed by atoms with E-state index in [2.05, 4.69) is 5.32 Å². The highest BCUT2D eigenvalue weighted by atomic mass is 19.1. The summed E-state index contributed by atoms with van der Waals surface area (Å²) in [6, 6.07) is 2.23. The van der Waals surface area contributed by atoms with Gasteiger partial charge in [-0.1, -0.05) is 0 Å². The van der Waals surface area contributed by atoms with Gasteiger partial charge in [-0.2, -0.15) is 0 Å². The largest absolute Gasteiger partial charge is 0.444 e. The number of carbonyl (C=O) groups excluding carboxylic acids is 2. The summed E-state index contributed by atoms with van der Waals surface area (Å²) in [5.41, 5.74) is 4.90. The highest BCUT2D eigenvalue weighted by Crippen LogP contribution is 2.48. The fourth-order valence-corrected chi connectivity index (χ4v) is 4.23. The molecule has 30 heavy (non-hydrogen) atoms. The lowest BCUT2D eigenvalue weighted by Gasteiger charge is -2.25. The Morgan fingerprint density at radius 1 is 1.23 bits per heavy atom. The molecule has 3 N–H and O–H groups in total. The van der Waals surface area contributed by atoms with Crippen LogP contribution in [0.25, 0.3) is 0 Å². The van der Waals surface area contributed by atoms with Crippen molar-refractivity contribution < 1.29 is 27.8 Å². The number of nitrogens with two attached hydrogens (primary N) is 1. The topological polar surface area (TPSA) is 97.1 Å². The molecule has 1 saturated carbocycles. The van der Waals surface area contributed by atoms with E-state index >= 15 is 0 Å². The number of anilines is 2. The fraction of sp³-hybridized carbons (Fsp3) is 0.600. The first-order valence-corrected chi connectivity index (χ1v) is 9.99. The molecule has 0 spiro atoms. The molecular weight excluding hydrogens is 398 g/mol. The lowest BCUT2D eigenvalue weighted by molar-refractivity contribution is 0.0518. The van der Waals surface area contributed by atoms with E-state index in [9.17, 15) is 18.4 Å². The molecule has 0 bridgehead atoms. The quantitative estimate of drug-likeness (QED) is 0.769. The molecule has 2 heterocycles. The number of ether oxygens (including phenoxy) is 2. The molecule has 0 aromatic heterocycles. The standard InChI is InChI=1S/C20H26F2N4O4/c1-20(2,3)30-18(27)24-16-12-8-25(9-13(12)16)17-14(21)4-10(5-15(17)22)26-7-11(6-23)29-19(26)28/h4-5,11-13,16H,6-9,23H2,1-3H3,(H,24,27). The molecule has 2 amide bonds. The number of benzene rings is 1. The van der Waals surface area contributed by atoms with E-state index in [1.807, 2.05) is 0 Å². The van der Waals surface area contributed by atoms with Crippen LogP contribution in [-0.2, 0) is 9.47 Å². The van der Waals surface area contributed by atoms with Gasteiger partial charge in [0.1, 0.15) is 17.4 Å². The molecule has 3 atom stereocenters. The van der Waals surface area contributed by atoms with Gasteiger partial charge < -0.3 is 25.4 Å². The Labute approximate surface area is 173 Å². The smallest absolute Gasteiger partial charge is 0.414 e. The number of amides is 2. The van der Waals surface area contributed by atoms with Gasteiger partial charge in [0.2, 0.25) is 0 Å². The van der Waals surface area contributed by atoms with Gasteiger partial charge in [0.15, 0.2) is 11.6 Å². The van der Waals surface area contributed by atoms with E-state index in [0.29, 0.717) is 13.1 Å². The number of rotatable bonds is 4. The van der Waals surface area contributed by atoms with E-state index in [1.165, 1.54) is 4.90 Å².